The average molecular weight is 387 g/mol. The van der Waals surface area contributed by atoms with Gasteiger partial charge in [-0.05, 0) is 42.5 Å². The molecule has 0 fully saturated rings. The first-order valence-corrected chi connectivity index (χ1v) is 9.05. The maximum atomic E-state index is 12.6. The summed E-state index contributed by atoms with van der Waals surface area (Å²) in [4.78, 5) is 42.4. The lowest BCUT2D eigenvalue weighted by molar-refractivity contribution is -0.116. The van der Waals surface area contributed by atoms with Crippen LogP contribution in [-0.4, -0.2) is 29.3 Å². The standard InChI is InChI=1S/C22H17N3O4/c26-19(11-13-29-17-8-2-1-3-9-17)24-15-6-4-7-16(14-15)25-21(27)18-10-5-12-23-20(18)22(25)28/h1-10,12,14H,11,13H2,(H,24,26). The lowest BCUT2D eigenvalue weighted by Crippen LogP contribution is -2.29. The molecule has 0 radical (unpaired) electrons. The molecule has 144 valence electrons. The number of nitrogens with zero attached hydrogens (tertiary/aromatic N) is 2. The molecule has 0 atom stereocenters. The van der Waals surface area contributed by atoms with E-state index in [0.29, 0.717) is 17.1 Å². The molecule has 7 heteroatoms. The number of nitrogens with one attached hydrogen (secondary N) is 1. The summed E-state index contributed by atoms with van der Waals surface area (Å²) in [5, 5.41) is 2.76. The van der Waals surface area contributed by atoms with E-state index in [2.05, 4.69) is 10.3 Å². The van der Waals surface area contributed by atoms with Crippen molar-refractivity contribution < 1.29 is 19.1 Å². The first kappa shape index (κ1) is 18.4. The topological polar surface area (TPSA) is 88.6 Å². The second kappa shape index (κ2) is 7.93. The van der Waals surface area contributed by atoms with E-state index in [9.17, 15) is 14.4 Å². The zero-order chi connectivity index (χ0) is 20.2. The largest absolute Gasteiger partial charge is 0.493 e. The summed E-state index contributed by atoms with van der Waals surface area (Å²) >= 11 is 0. The van der Waals surface area contributed by atoms with Crippen LogP contribution in [0.15, 0.2) is 72.9 Å². The maximum Gasteiger partial charge on any atom is 0.284 e. The number of pyridine rings is 1. The van der Waals surface area contributed by atoms with Crippen LogP contribution in [0.5, 0.6) is 5.75 Å². The van der Waals surface area contributed by atoms with E-state index < -0.39 is 11.8 Å². The molecule has 0 aliphatic carbocycles. The highest BCUT2D eigenvalue weighted by Gasteiger charge is 2.37. The molecule has 29 heavy (non-hydrogen) atoms. The number of imide groups is 1. The van der Waals surface area contributed by atoms with Crippen LogP contribution in [0.2, 0.25) is 0 Å². The Morgan fingerprint density at radius 2 is 1.79 bits per heavy atom. The van der Waals surface area contributed by atoms with Gasteiger partial charge in [-0.15, -0.1) is 0 Å². The quantitative estimate of drug-likeness (QED) is 0.656. The van der Waals surface area contributed by atoms with Gasteiger partial charge in [0.15, 0.2) is 0 Å². The number of rotatable bonds is 6. The zero-order valence-corrected chi connectivity index (χ0v) is 15.4. The summed E-state index contributed by atoms with van der Waals surface area (Å²) in [7, 11) is 0. The lowest BCUT2D eigenvalue weighted by Gasteiger charge is -2.15. The summed E-state index contributed by atoms with van der Waals surface area (Å²) in [6.07, 6.45) is 1.64. The van der Waals surface area contributed by atoms with Crippen LogP contribution in [0, 0.1) is 0 Å². The second-order valence-corrected chi connectivity index (χ2v) is 6.36. The number of hydrogen-bond acceptors (Lipinski definition) is 5. The van der Waals surface area contributed by atoms with E-state index in [-0.39, 0.29) is 30.2 Å². The van der Waals surface area contributed by atoms with Crippen molar-refractivity contribution in [3.63, 3.8) is 0 Å². The highest BCUT2D eigenvalue weighted by atomic mass is 16.5. The molecule has 0 saturated carbocycles. The van der Waals surface area contributed by atoms with E-state index >= 15 is 0 Å². The molecular weight excluding hydrogens is 370 g/mol. The number of carbonyl (C=O) groups excluding carboxylic acids is 3. The molecule has 3 aromatic rings. The molecular formula is C22H17N3O4. The van der Waals surface area contributed by atoms with Crippen molar-refractivity contribution in [1.29, 1.82) is 0 Å². The number of para-hydroxylation sites is 1. The van der Waals surface area contributed by atoms with Crippen molar-refractivity contribution in [3.05, 3.63) is 84.2 Å². The van der Waals surface area contributed by atoms with E-state index in [0.717, 1.165) is 4.90 Å². The third kappa shape index (κ3) is 3.84. The van der Waals surface area contributed by atoms with Gasteiger partial charge in [-0.25, -0.2) is 4.90 Å². The Hall–Kier alpha value is -4.00. The number of amides is 3. The van der Waals surface area contributed by atoms with Crippen molar-refractivity contribution in [2.45, 2.75) is 6.42 Å². The van der Waals surface area contributed by atoms with Crippen LogP contribution in [0.4, 0.5) is 11.4 Å². The second-order valence-electron chi connectivity index (χ2n) is 6.36. The highest BCUT2D eigenvalue weighted by Crippen LogP contribution is 2.28. The zero-order valence-electron chi connectivity index (χ0n) is 15.4. The summed E-state index contributed by atoms with van der Waals surface area (Å²) in [6, 6.07) is 19.0. The summed E-state index contributed by atoms with van der Waals surface area (Å²) in [6.45, 7) is 0.236. The third-order valence-corrected chi connectivity index (χ3v) is 4.38. The maximum absolute atomic E-state index is 12.6. The Morgan fingerprint density at radius 1 is 0.966 bits per heavy atom. The summed E-state index contributed by atoms with van der Waals surface area (Å²) in [5.74, 6) is -0.452. The van der Waals surface area contributed by atoms with Crippen LogP contribution < -0.4 is 15.0 Å². The molecule has 0 unspecified atom stereocenters. The minimum atomic E-state index is -0.481. The fourth-order valence-corrected chi connectivity index (χ4v) is 3.03. The minimum Gasteiger partial charge on any atom is -0.493 e. The van der Waals surface area contributed by atoms with E-state index in [1.807, 2.05) is 30.3 Å². The molecule has 2 aromatic carbocycles. The molecule has 1 aliphatic heterocycles. The average Bonchev–Trinajstić information content (AvgIpc) is 3.00. The van der Waals surface area contributed by atoms with Crippen LogP contribution in [0.25, 0.3) is 0 Å². The molecule has 0 spiro atoms. The van der Waals surface area contributed by atoms with Gasteiger partial charge < -0.3 is 10.1 Å². The van der Waals surface area contributed by atoms with Gasteiger partial charge in [0.05, 0.1) is 24.3 Å². The molecule has 4 rings (SSSR count). The Kier molecular flexibility index (Phi) is 5.03. The monoisotopic (exact) mass is 387 g/mol. The third-order valence-electron chi connectivity index (χ3n) is 4.38. The molecule has 0 saturated heterocycles. The van der Waals surface area contributed by atoms with Crippen LogP contribution in [0.3, 0.4) is 0 Å². The molecule has 1 N–H and O–H groups in total. The van der Waals surface area contributed by atoms with Crippen LogP contribution in [-0.2, 0) is 4.79 Å². The van der Waals surface area contributed by atoms with Crippen LogP contribution in [0.1, 0.15) is 27.3 Å². The van der Waals surface area contributed by atoms with Gasteiger partial charge in [-0.2, -0.15) is 0 Å². The SMILES string of the molecule is O=C(CCOc1ccccc1)Nc1cccc(N2C(=O)c3cccnc3C2=O)c1. The molecule has 2 heterocycles. The Balaban J connectivity index is 1.41. The van der Waals surface area contributed by atoms with Crippen molar-refractivity contribution in [2.24, 2.45) is 0 Å². The van der Waals surface area contributed by atoms with E-state index in [1.54, 1.807) is 36.4 Å². The number of anilines is 2. The number of ether oxygens (including phenoxy) is 1. The smallest absolute Gasteiger partial charge is 0.284 e. The first-order valence-electron chi connectivity index (χ1n) is 9.05. The number of hydrogen-bond donors (Lipinski definition) is 1. The van der Waals surface area contributed by atoms with E-state index in [4.69, 9.17) is 4.74 Å². The van der Waals surface area contributed by atoms with E-state index in [1.165, 1.54) is 6.20 Å². The van der Waals surface area contributed by atoms with Crippen molar-refractivity contribution in [1.82, 2.24) is 4.98 Å². The fraction of sp³-hybridized carbons (Fsp3) is 0.0909. The lowest BCUT2D eigenvalue weighted by atomic mass is 10.2. The number of aromatic nitrogens is 1. The van der Waals surface area contributed by atoms with Gasteiger partial charge in [0.1, 0.15) is 11.4 Å². The summed E-state index contributed by atoms with van der Waals surface area (Å²) in [5.41, 5.74) is 1.25. The Morgan fingerprint density at radius 3 is 2.59 bits per heavy atom. The highest BCUT2D eigenvalue weighted by molar-refractivity contribution is 6.33. The number of carbonyl (C=O) groups is 3. The molecule has 1 aliphatic rings. The van der Waals surface area contributed by atoms with Crippen molar-refractivity contribution in [3.8, 4) is 5.75 Å². The van der Waals surface area contributed by atoms with Crippen molar-refractivity contribution in [2.75, 3.05) is 16.8 Å². The molecule has 0 bridgehead atoms. The van der Waals surface area contributed by atoms with Crippen molar-refractivity contribution >= 4 is 29.1 Å². The van der Waals surface area contributed by atoms with Crippen LogP contribution >= 0.6 is 0 Å². The fourth-order valence-electron chi connectivity index (χ4n) is 3.03. The predicted molar refractivity (Wildman–Crippen MR) is 107 cm³/mol. The molecule has 7 nitrogen and oxygen atoms in total. The first-order chi connectivity index (χ1) is 14.1. The van der Waals surface area contributed by atoms with Gasteiger partial charge in [0, 0.05) is 11.9 Å². The minimum absolute atomic E-state index is 0.130. The Labute approximate surface area is 166 Å². The summed E-state index contributed by atoms with van der Waals surface area (Å²) < 4.78 is 5.52. The van der Waals surface area contributed by atoms with Gasteiger partial charge in [0.25, 0.3) is 11.8 Å². The van der Waals surface area contributed by atoms with Gasteiger partial charge in [0.2, 0.25) is 5.91 Å². The Bertz CT molecular complexity index is 1050. The molecule has 1 aromatic heterocycles. The normalized spacial score (nSPS) is 12.6. The number of fused-ring (bicyclic) bond motifs is 1. The predicted octanol–water partition coefficient (Wildman–Crippen LogP) is 3.29. The number of benzene rings is 2. The molecule has 3 amide bonds. The van der Waals surface area contributed by atoms with Gasteiger partial charge in [-0.1, -0.05) is 24.3 Å². The van der Waals surface area contributed by atoms with Gasteiger partial charge in [-0.3, -0.25) is 19.4 Å². The van der Waals surface area contributed by atoms with Gasteiger partial charge >= 0.3 is 0 Å².